The molecule has 5 heteroatoms. The van der Waals surface area contributed by atoms with Crippen LogP contribution in [0.15, 0.2) is 54.6 Å². The summed E-state index contributed by atoms with van der Waals surface area (Å²) in [6.45, 7) is 5.66. The lowest BCUT2D eigenvalue weighted by Crippen LogP contribution is -2.31. The lowest BCUT2D eigenvalue weighted by atomic mass is 10.1. The first-order valence-corrected chi connectivity index (χ1v) is 9.25. The predicted octanol–water partition coefficient (Wildman–Crippen LogP) is 3.47. The molecule has 2 atom stereocenters. The molecular formula is C22H25NO4. The van der Waals surface area contributed by atoms with Gasteiger partial charge in [-0.1, -0.05) is 42.5 Å². The quantitative estimate of drug-likeness (QED) is 0.554. The second kappa shape index (κ2) is 8.82. The van der Waals surface area contributed by atoms with E-state index in [-0.39, 0.29) is 17.9 Å². The normalized spacial score (nSPS) is 18.1. The minimum atomic E-state index is -0.726. The van der Waals surface area contributed by atoms with E-state index in [0.29, 0.717) is 11.3 Å². The van der Waals surface area contributed by atoms with Gasteiger partial charge < -0.3 is 9.47 Å². The van der Waals surface area contributed by atoms with E-state index in [4.69, 9.17) is 9.47 Å². The number of benzene rings is 2. The fourth-order valence-electron chi connectivity index (χ4n) is 3.18. The van der Waals surface area contributed by atoms with Crippen LogP contribution in [-0.4, -0.2) is 41.9 Å². The Morgan fingerprint density at radius 3 is 2.67 bits per heavy atom. The van der Waals surface area contributed by atoms with Crippen LogP contribution >= 0.6 is 0 Å². The Hall–Kier alpha value is -2.66. The van der Waals surface area contributed by atoms with E-state index in [9.17, 15) is 9.59 Å². The van der Waals surface area contributed by atoms with Crippen molar-refractivity contribution in [2.45, 2.75) is 39.0 Å². The van der Waals surface area contributed by atoms with E-state index >= 15 is 0 Å². The number of carbonyl (C=O) groups excluding carboxylic acids is 2. The van der Waals surface area contributed by atoms with Gasteiger partial charge in [0.15, 0.2) is 11.9 Å². The topological polar surface area (TPSA) is 55.8 Å². The predicted molar refractivity (Wildman–Crippen MR) is 103 cm³/mol. The molecule has 1 heterocycles. The third-order valence-corrected chi connectivity index (χ3v) is 4.65. The summed E-state index contributed by atoms with van der Waals surface area (Å²) in [6.07, 6.45) is -0.0170. The van der Waals surface area contributed by atoms with Gasteiger partial charge in [-0.15, -0.1) is 0 Å². The molecule has 0 amide bonds. The molecule has 5 nitrogen and oxygen atoms in total. The second-order valence-electron chi connectivity index (χ2n) is 6.91. The average molecular weight is 367 g/mol. The Bertz CT molecular complexity index is 790. The summed E-state index contributed by atoms with van der Waals surface area (Å²) >= 11 is 0. The molecule has 0 aromatic heterocycles. The van der Waals surface area contributed by atoms with Crippen molar-refractivity contribution in [2.75, 3.05) is 13.1 Å². The Morgan fingerprint density at radius 2 is 1.93 bits per heavy atom. The molecule has 1 saturated heterocycles. The SMILES string of the molecule is CC(=O)c1cccc(OC(C)C(=O)O[C@@H]2CCN(Cc3ccccc3)C2)c1. The number of ether oxygens (including phenoxy) is 2. The van der Waals surface area contributed by atoms with Gasteiger partial charge in [-0.2, -0.15) is 0 Å². The molecule has 27 heavy (non-hydrogen) atoms. The van der Waals surface area contributed by atoms with Crippen LogP contribution in [-0.2, 0) is 16.1 Å². The van der Waals surface area contributed by atoms with Gasteiger partial charge >= 0.3 is 5.97 Å². The van der Waals surface area contributed by atoms with E-state index in [1.807, 2.05) is 18.2 Å². The number of nitrogens with zero attached hydrogens (tertiary/aromatic N) is 1. The Labute approximate surface area is 159 Å². The van der Waals surface area contributed by atoms with Gasteiger partial charge in [0, 0.05) is 25.2 Å². The molecule has 0 saturated carbocycles. The number of carbonyl (C=O) groups is 2. The van der Waals surface area contributed by atoms with Gasteiger partial charge in [-0.3, -0.25) is 9.69 Å². The van der Waals surface area contributed by atoms with Gasteiger partial charge in [0.1, 0.15) is 11.9 Å². The van der Waals surface area contributed by atoms with Crippen LogP contribution in [0, 0.1) is 0 Å². The monoisotopic (exact) mass is 367 g/mol. The van der Waals surface area contributed by atoms with Crippen molar-refractivity contribution in [1.82, 2.24) is 4.90 Å². The molecule has 1 aliphatic heterocycles. The molecule has 1 unspecified atom stereocenters. The summed E-state index contributed by atoms with van der Waals surface area (Å²) in [4.78, 5) is 26.1. The van der Waals surface area contributed by atoms with E-state index in [1.165, 1.54) is 12.5 Å². The first-order chi connectivity index (χ1) is 13.0. The lowest BCUT2D eigenvalue weighted by Gasteiger charge is -2.19. The van der Waals surface area contributed by atoms with E-state index < -0.39 is 6.10 Å². The second-order valence-corrected chi connectivity index (χ2v) is 6.91. The van der Waals surface area contributed by atoms with Crippen LogP contribution in [0.25, 0.3) is 0 Å². The van der Waals surface area contributed by atoms with Crippen molar-refractivity contribution in [1.29, 1.82) is 0 Å². The van der Waals surface area contributed by atoms with Crippen LogP contribution in [0.4, 0.5) is 0 Å². The maximum Gasteiger partial charge on any atom is 0.347 e. The molecule has 0 aliphatic carbocycles. The maximum atomic E-state index is 12.4. The molecular weight excluding hydrogens is 342 g/mol. The van der Waals surface area contributed by atoms with E-state index in [0.717, 1.165) is 26.1 Å². The summed E-state index contributed by atoms with van der Waals surface area (Å²) in [7, 11) is 0. The number of Topliss-reactive ketones (excluding diaryl/α,β-unsaturated/α-hetero) is 1. The maximum absolute atomic E-state index is 12.4. The van der Waals surface area contributed by atoms with Crippen molar-refractivity contribution in [3.8, 4) is 5.75 Å². The Kier molecular flexibility index (Phi) is 6.24. The van der Waals surface area contributed by atoms with Crippen molar-refractivity contribution in [3.63, 3.8) is 0 Å². The molecule has 2 aromatic carbocycles. The summed E-state index contributed by atoms with van der Waals surface area (Å²) in [6, 6.07) is 17.1. The molecule has 142 valence electrons. The smallest absolute Gasteiger partial charge is 0.347 e. The highest BCUT2D eigenvalue weighted by molar-refractivity contribution is 5.94. The first kappa shape index (κ1) is 19.1. The number of hydrogen-bond acceptors (Lipinski definition) is 5. The van der Waals surface area contributed by atoms with E-state index in [2.05, 4.69) is 17.0 Å². The fourth-order valence-corrected chi connectivity index (χ4v) is 3.18. The average Bonchev–Trinajstić information content (AvgIpc) is 3.09. The molecule has 1 fully saturated rings. The fraction of sp³-hybridized carbons (Fsp3) is 0.364. The summed E-state index contributed by atoms with van der Waals surface area (Å²) < 4.78 is 11.3. The minimum Gasteiger partial charge on any atom is -0.479 e. The standard InChI is InChI=1S/C22H25NO4/c1-16(24)19-9-6-10-20(13-19)26-17(2)22(25)27-21-11-12-23(15-21)14-18-7-4-3-5-8-18/h3-10,13,17,21H,11-12,14-15H2,1-2H3/t17?,21-/m1/s1. The minimum absolute atomic E-state index is 0.0415. The molecule has 0 bridgehead atoms. The van der Waals surface area contributed by atoms with Crippen molar-refractivity contribution in [2.24, 2.45) is 0 Å². The Balaban J connectivity index is 1.48. The number of likely N-dealkylation sites (tertiary alicyclic amines) is 1. The summed E-state index contributed by atoms with van der Waals surface area (Å²) in [5.41, 5.74) is 1.81. The van der Waals surface area contributed by atoms with Gasteiger partial charge in [0.05, 0.1) is 0 Å². The zero-order chi connectivity index (χ0) is 19.2. The van der Waals surface area contributed by atoms with Crippen molar-refractivity contribution in [3.05, 3.63) is 65.7 Å². The highest BCUT2D eigenvalue weighted by Gasteiger charge is 2.28. The third kappa shape index (κ3) is 5.41. The van der Waals surface area contributed by atoms with E-state index in [1.54, 1.807) is 31.2 Å². The van der Waals surface area contributed by atoms with Gasteiger partial charge in [-0.05, 0) is 38.0 Å². The molecule has 0 N–H and O–H groups in total. The van der Waals surface area contributed by atoms with Crippen LogP contribution < -0.4 is 4.74 Å². The number of rotatable bonds is 7. The number of hydrogen-bond donors (Lipinski definition) is 0. The zero-order valence-corrected chi connectivity index (χ0v) is 15.8. The molecule has 0 spiro atoms. The number of ketones is 1. The van der Waals surface area contributed by atoms with Gasteiger partial charge in [0.25, 0.3) is 0 Å². The Morgan fingerprint density at radius 1 is 1.15 bits per heavy atom. The molecule has 0 radical (unpaired) electrons. The highest BCUT2D eigenvalue weighted by Crippen LogP contribution is 2.19. The number of esters is 1. The van der Waals surface area contributed by atoms with Gasteiger partial charge in [-0.25, -0.2) is 4.79 Å². The summed E-state index contributed by atoms with van der Waals surface area (Å²) in [5.74, 6) is 0.0687. The van der Waals surface area contributed by atoms with Crippen LogP contribution in [0.1, 0.15) is 36.2 Å². The molecule has 1 aliphatic rings. The highest BCUT2D eigenvalue weighted by atomic mass is 16.6. The van der Waals surface area contributed by atoms with Crippen LogP contribution in [0.2, 0.25) is 0 Å². The van der Waals surface area contributed by atoms with Crippen molar-refractivity contribution >= 4 is 11.8 Å². The van der Waals surface area contributed by atoms with Crippen molar-refractivity contribution < 1.29 is 19.1 Å². The first-order valence-electron chi connectivity index (χ1n) is 9.25. The molecule has 3 rings (SSSR count). The molecule has 2 aromatic rings. The lowest BCUT2D eigenvalue weighted by molar-refractivity contribution is -0.156. The van der Waals surface area contributed by atoms with Crippen LogP contribution in [0.5, 0.6) is 5.75 Å². The largest absolute Gasteiger partial charge is 0.479 e. The third-order valence-electron chi connectivity index (χ3n) is 4.65. The van der Waals surface area contributed by atoms with Crippen LogP contribution in [0.3, 0.4) is 0 Å². The summed E-state index contributed by atoms with van der Waals surface area (Å²) in [5, 5.41) is 0. The zero-order valence-electron chi connectivity index (χ0n) is 15.8. The van der Waals surface area contributed by atoms with Gasteiger partial charge in [0.2, 0.25) is 0 Å².